The van der Waals surface area contributed by atoms with Crippen molar-refractivity contribution in [3.05, 3.63) is 15.9 Å². The average molecular weight is 313 g/mol. The minimum atomic E-state index is -0.507. The number of nitriles is 1. The molecular weight excluding hydrogens is 292 g/mol. The van der Waals surface area contributed by atoms with E-state index in [9.17, 15) is 5.26 Å². The summed E-state index contributed by atoms with van der Waals surface area (Å²) < 4.78 is 3.04. The number of hydrogen-bond donors (Lipinski definition) is 1. The van der Waals surface area contributed by atoms with Crippen LogP contribution in [0.15, 0.2) is 4.47 Å². The Morgan fingerprint density at radius 1 is 1.56 bits per heavy atom. The first-order chi connectivity index (χ1) is 8.34. The van der Waals surface area contributed by atoms with Crippen molar-refractivity contribution in [2.45, 2.75) is 52.6 Å². The van der Waals surface area contributed by atoms with Crippen molar-refractivity contribution < 1.29 is 0 Å². The third-order valence-electron chi connectivity index (χ3n) is 3.17. The van der Waals surface area contributed by atoms with E-state index in [1.54, 1.807) is 0 Å². The van der Waals surface area contributed by atoms with Crippen molar-refractivity contribution >= 4 is 15.9 Å². The highest BCUT2D eigenvalue weighted by Crippen LogP contribution is 2.26. The Labute approximate surface area is 117 Å². The van der Waals surface area contributed by atoms with Gasteiger partial charge >= 0.3 is 0 Å². The second-order valence-electron chi connectivity index (χ2n) is 4.96. The lowest BCUT2D eigenvalue weighted by Crippen LogP contribution is -2.42. The molecule has 0 fully saturated rings. The monoisotopic (exact) mass is 312 g/mol. The SMILES string of the molecule is CCNC(C)(C#N)CC(C)n1nc(C)c(Br)c1C. The van der Waals surface area contributed by atoms with Gasteiger partial charge in [0, 0.05) is 6.42 Å². The van der Waals surface area contributed by atoms with Gasteiger partial charge in [-0.15, -0.1) is 0 Å². The molecule has 2 unspecified atom stereocenters. The van der Waals surface area contributed by atoms with Gasteiger partial charge in [0.1, 0.15) is 5.54 Å². The summed E-state index contributed by atoms with van der Waals surface area (Å²) in [5.74, 6) is 0. The topological polar surface area (TPSA) is 53.6 Å². The number of nitrogens with one attached hydrogen (secondary N) is 1. The van der Waals surface area contributed by atoms with Crippen molar-refractivity contribution in [3.63, 3.8) is 0 Å². The van der Waals surface area contributed by atoms with Crippen molar-refractivity contribution in [3.8, 4) is 6.07 Å². The standard InChI is InChI=1S/C13H21BrN4/c1-6-16-13(5,8-15)7-9(2)18-11(4)12(14)10(3)17-18/h9,16H,6-7H2,1-5H3. The highest BCUT2D eigenvalue weighted by atomic mass is 79.9. The van der Waals surface area contributed by atoms with Crippen LogP contribution in [-0.4, -0.2) is 21.9 Å². The van der Waals surface area contributed by atoms with Gasteiger partial charge in [0.05, 0.1) is 28.0 Å². The molecule has 2 atom stereocenters. The molecule has 0 saturated carbocycles. The summed E-state index contributed by atoms with van der Waals surface area (Å²) in [7, 11) is 0. The zero-order chi connectivity index (χ0) is 13.9. The zero-order valence-electron chi connectivity index (χ0n) is 11.7. The van der Waals surface area contributed by atoms with Gasteiger partial charge in [-0.1, -0.05) is 6.92 Å². The van der Waals surface area contributed by atoms with Crippen molar-refractivity contribution in [1.29, 1.82) is 5.26 Å². The first-order valence-corrected chi connectivity index (χ1v) is 7.01. The lowest BCUT2D eigenvalue weighted by Gasteiger charge is -2.26. The summed E-state index contributed by atoms with van der Waals surface area (Å²) in [4.78, 5) is 0. The van der Waals surface area contributed by atoms with Crippen LogP contribution in [0.2, 0.25) is 0 Å². The predicted octanol–water partition coefficient (Wildman–Crippen LogP) is 3.11. The van der Waals surface area contributed by atoms with Crippen LogP contribution in [0.3, 0.4) is 0 Å². The number of rotatable bonds is 5. The molecule has 0 saturated heterocycles. The number of aromatic nitrogens is 2. The van der Waals surface area contributed by atoms with Gasteiger partial charge in [-0.3, -0.25) is 10.00 Å². The Morgan fingerprint density at radius 2 is 2.17 bits per heavy atom. The Morgan fingerprint density at radius 3 is 2.56 bits per heavy atom. The molecule has 0 spiro atoms. The van der Waals surface area contributed by atoms with Crippen LogP contribution in [-0.2, 0) is 0 Å². The Hall–Kier alpha value is -0.860. The van der Waals surface area contributed by atoms with Crippen LogP contribution in [0, 0.1) is 25.2 Å². The first kappa shape index (κ1) is 15.2. The van der Waals surface area contributed by atoms with Gasteiger partial charge in [0.15, 0.2) is 0 Å². The highest BCUT2D eigenvalue weighted by molar-refractivity contribution is 9.10. The normalized spacial score (nSPS) is 16.1. The molecule has 1 heterocycles. The fourth-order valence-corrected chi connectivity index (χ4v) is 2.56. The number of nitrogens with zero attached hydrogens (tertiary/aromatic N) is 3. The molecule has 100 valence electrons. The van der Waals surface area contributed by atoms with Crippen molar-refractivity contribution in [2.75, 3.05) is 6.54 Å². The van der Waals surface area contributed by atoms with Gasteiger partial charge in [-0.05, 0) is 50.2 Å². The lowest BCUT2D eigenvalue weighted by molar-refractivity contribution is 0.334. The van der Waals surface area contributed by atoms with Gasteiger partial charge < -0.3 is 0 Å². The molecule has 5 heteroatoms. The fraction of sp³-hybridized carbons (Fsp3) is 0.692. The number of aryl methyl sites for hydroxylation is 1. The van der Waals surface area contributed by atoms with Gasteiger partial charge in [-0.2, -0.15) is 10.4 Å². The van der Waals surface area contributed by atoms with E-state index in [0.717, 1.165) is 28.8 Å². The molecular formula is C13H21BrN4. The minimum Gasteiger partial charge on any atom is -0.300 e. The van der Waals surface area contributed by atoms with Crippen molar-refractivity contribution in [1.82, 2.24) is 15.1 Å². The molecule has 1 N–H and O–H groups in total. The maximum absolute atomic E-state index is 9.29. The summed E-state index contributed by atoms with van der Waals surface area (Å²) in [5, 5.41) is 17.0. The molecule has 0 aliphatic carbocycles. The van der Waals surface area contributed by atoms with Crippen LogP contribution >= 0.6 is 15.9 Å². The molecule has 0 bridgehead atoms. The van der Waals surface area contributed by atoms with Crippen LogP contribution < -0.4 is 5.32 Å². The van der Waals surface area contributed by atoms with Crippen LogP contribution in [0.25, 0.3) is 0 Å². The number of halogens is 1. The van der Waals surface area contributed by atoms with Crippen molar-refractivity contribution in [2.24, 2.45) is 0 Å². The maximum atomic E-state index is 9.29. The molecule has 0 amide bonds. The maximum Gasteiger partial charge on any atom is 0.105 e. The van der Waals surface area contributed by atoms with Gasteiger partial charge in [0.2, 0.25) is 0 Å². The largest absolute Gasteiger partial charge is 0.300 e. The van der Waals surface area contributed by atoms with E-state index in [4.69, 9.17) is 0 Å². The minimum absolute atomic E-state index is 0.179. The predicted molar refractivity (Wildman–Crippen MR) is 76.4 cm³/mol. The molecule has 0 aliphatic heterocycles. The molecule has 0 aliphatic rings. The van der Waals surface area contributed by atoms with E-state index in [1.807, 2.05) is 32.4 Å². The summed E-state index contributed by atoms with van der Waals surface area (Å²) in [6.45, 7) is 10.9. The summed E-state index contributed by atoms with van der Waals surface area (Å²) in [6, 6.07) is 2.54. The third-order valence-corrected chi connectivity index (χ3v) is 4.32. The van der Waals surface area contributed by atoms with E-state index in [1.165, 1.54) is 0 Å². The second kappa shape index (κ2) is 5.85. The lowest BCUT2D eigenvalue weighted by atomic mass is 9.95. The summed E-state index contributed by atoms with van der Waals surface area (Å²) >= 11 is 3.53. The first-order valence-electron chi connectivity index (χ1n) is 6.22. The molecule has 0 radical (unpaired) electrons. The van der Waals surface area contributed by atoms with E-state index >= 15 is 0 Å². The molecule has 4 nitrogen and oxygen atoms in total. The highest BCUT2D eigenvalue weighted by Gasteiger charge is 2.27. The van der Waals surface area contributed by atoms with Gasteiger partial charge in [0.25, 0.3) is 0 Å². The van der Waals surface area contributed by atoms with Crippen LogP contribution in [0.4, 0.5) is 0 Å². The second-order valence-corrected chi connectivity index (χ2v) is 5.75. The molecule has 1 aromatic heterocycles. The zero-order valence-corrected chi connectivity index (χ0v) is 13.3. The summed E-state index contributed by atoms with van der Waals surface area (Å²) in [5.41, 5.74) is 1.59. The average Bonchev–Trinajstić information content (AvgIpc) is 2.57. The van der Waals surface area contributed by atoms with E-state index in [0.29, 0.717) is 0 Å². The van der Waals surface area contributed by atoms with E-state index < -0.39 is 5.54 Å². The molecule has 1 aromatic rings. The third kappa shape index (κ3) is 3.12. The molecule has 1 rings (SSSR count). The van der Waals surface area contributed by atoms with E-state index in [-0.39, 0.29) is 6.04 Å². The quantitative estimate of drug-likeness (QED) is 0.909. The molecule has 18 heavy (non-hydrogen) atoms. The molecule has 0 aromatic carbocycles. The van der Waals surface area contributed by atoms with E-state index in [2.05, 4.69) is 39.3 Å². The van der Waals surface area contributed by atoms with Crippen LogP contribution in [0.1, 0.15) is 44.6 Å². The summed E-state index contributed by atoms with van der Waals surface area (Å²) in [6.07, 6.45) is 0.728. The Balaban J connectivity index is 2.91. The Bertz CT molecular complexity index is 460. The fourth-order valence-electron chi connectivity index (χ4n) is 2.30. The Kier molecular flexibility index (Phi) is 4.94. The number of hydrogen-bond acceptors (Lipinski definition) is 3. The van der Waals surface area contributed by atoms with Crippen LogP contribution in [0.5, 0.6) is 0 Å². The smallest absolute Gasteiger partial charge is 0.105 e. The van der Waals surface area contributed by atoms with Gasteiger partial charge in [-0.25, -0.2) is 0 Å².